The molecule has 1 aliphatic carbocycles. The van der Waals surface area contributed by atoms with Crippen LogP contribution in [0.1, 0.15) is 15.9 Å². The number of alkyl halides is 5. The molecule has 2 aromatic carbocycles. The van der Waals surface area contributed by atoms with Gasteiger partial charge in [0, 0.05) is 11.1 Å². The van der Waals surface area contributed by atoms with Crippen LogP contribution in [0.4, 0.5) is 22.0 Å². The first-order valence-corrected chi connectivity index (χ1v) is 6.53. The molecule has 0 radical (unpaired) electrons. The number of benzene rings is 2. The second-order valence-corrected chi connectivity index (χ2v) is 5.20. The van der Waals surface area contributed by atoms with E-state index in [-0.39, 0.29) is 16.7 Å². The number of hydrogen-bond acceptors (Lipinski definition) is 2. The third kappa shape index (κ3) is 1.86. The van der Waals surface area contributed by atoms with Crippen LogP contribution in [0.15, 0.2) is 48.5 Å². The van der Waals surface area contributed by atoms with Crippen molar-refractivity contribution in [2.45, 2.75) is 17.7 Å². The summed E-state index contributed by atoms with van der Waals surface area (Å²) < 4.78 is 66.6. The van der Waals surface area contributed by atoms with Crippen LogP contribution in [0.25, 0.3) is 11.1 Å². The Morgan fingerprint density at radius 2 is 1.26 bits per heavy atom. The molecule has 0 aromatic heterocycles. The maximum Gasteiger partial charge on any atom is 0.457 e. The van der Waals surface area contributed by atoms with Gasteiger partial charge >= 0.3 is 12.1 Å². The van der Waals surface area contributed by atoms with Gasteiger partial charge in [0.25, 0.3) is 0 Å². The molecule has 2 aromatic rings. The average Bonchev–Trinajstić information content (AvgIpc) is 2.51. The molecule has 0 bridgehead atoms. The molecule has 2 nitrogen and oxygen atoms in total. The fraction of sp³-hybridized carbons (Fsp3) is 0.188. The second kappa shape index (κ2) is 4.61. The number of ketones is 1. The van der Waals surface area contributed by atoms with Gasteiger partial charge in [0.2, 0.25) is 11.4 Å². The smallest absolute Gasteiger partial charge is 0.372 e. The first kappa shape index (κ1) is 15.6. The van der Waals surface area contributed by atoms with Crippen LogP contribution >= 0.6 is 0 Å². The van der Waals surface area contributed by atoms with Gasteiger partial charge in [-0.05, 0) is 11.1 Å². The van der Waals surface area contributed by atoms with Gasteiger partial charge in [-0.25, -0.2) is 0 Å². The second-order valence-electron chi connectivity index (χ2n) is 5.20. The van der Waals surface area contributed by atoms with Crippen LogP contribution in [0, 0.1) is 0 Å². The van der Waals surface area contributed by atoms with Crippen LogP contribution in [0.3, 0.4) is 0 Å². The van der Waals surface area contributed by atoms with Crippen LogP contribution in [0.5, 0.6) is 0 Å². The molecule has 1 N–H and O–H groups in total. The zero-order valence-electron chi connectivity index (χ0n) is 11.4. The minimum Gasteiger partial charge on any atom is -0.372 e. The van der Waals surface area contributed by atoms with E-state index in [4.69, 9.17) is 0 Å². The summed E-state index contributed by atoms with van der Waals surface area (Å²) in [6, 6.07) is 10.2. The summed E-state index contributed by atoms with van der Waals surface area (Å²) in [5.41, 5.74) is -4.97. The number of carbonyl (C=O) groups excluding carboxylic acids is 1. The molecule has 0 aliphatic heterocycles. The first-order chi connectivity index (χ1) is 10.6. The van der Waals surface area contributed by atoms with Crippen molar-refractivity contribution in [1.82, 2.24) is 0 Å². The quantitative estimate of drug-likeness (QED) is 0.805. The van der Waals surface area contributed by atoms with E-state index in [0.717, 1.165) is 12.1 Å². The Labute approximate surface area is 127 Å². The van der Waals surface area contributed by atoms with E-state index in [1.54, 1.807) is 0 Å². The van der Waals surface area contributed by atoms with Gasteiger partial charge < -0.3 is 5.11 Å². The summed E-state index contributed by atoms with van der Waals surface area (Å²) in [5.74, 6) is -7.31. The van der Waals surface area contributed by atoms with Gasteiger partial charge in [0.1, 0.15) is 0 Å². The summed E-state index contributed by atoms with van der Waals surface area (Å²) in [6.45, 7) is 0. The van der Waals surface area contributed by atoms with Crippen molar-refractivity contribution in [2.75, 3.05) is 0 Å². The van der Waals surface area contributed by atoms with E-state index < -0.39 is 29.0 Å². The lowest BCUT2D eigenvalue weighted by Gasteiger charge is -2.39. The standard InChI is InChI=1S/C16H9F5O2/c17-15(18,16(19,20)21)14(23)12-8-4-3-6-10(12)9-5-1-2-7-11(9)13(14)22/h1-8,23H. The number of fused-ring (bicyclic) bond motifs is 3. The zero-order valence-corrected chi connectivity index (χ0v) is 11.4. The predicted octanol–water partition coefficient (Wildman–Crippen LogP) is 3.94. The highest BCUT2D eigenvalue weighted by Gasteiger charge is 2.74. The number of halogens is 5. The van der Waals surface area contributed by atoms with Crippen LogP contribution in [-0.2, 0) is 5.60 Å². The van der Waals surface area contributed by atoms with E-state index >= 15 is 0 Å². The lowest BCUT2D eigenvalue weighted by Crippen LogP contribution is -2.60. The van der Waals surface area contributed by atoms with Crippen LogP contribution in [0.2, 0.25) is 0 Å². The maximum absolute atomic E-state index is 14.0. The highest BCUT2D eigenvalue weighted by Crippen LogP contribution is 2.54. The van der Waals surface area contributed by atoms with Gasteiger partial charge in [0.15, 0.2) is 0 Å². The monoisotopic (exact) mass is 328 g/mol. The van der Waals surface area contributed by atoms with Crippen LogP contribution in [-0.4, -0.2) is 23.0 Å². The lowest BCUT2D eigenvalue weighted by atomic mass is 9.71. The molecule has 0 spiro atoms. The zero-order chi connectivity index (χ0) is 17.0. The highest BCUT2D eigenvalue weighted by molar-refractivity contribution is 6.12. The minimum atomic E-state index is -6.09. The molecule has 1 unspecified atom stereocenters. The number of carbonyl (C=O) groups is 1. The third-order valence-electron chi connectivity index (χ3n) is 3.92. The van der Waals surface area contributed by atoms with E-state index in [1.165, 1.54) is 36.4 Å². The molecule has 0 fully saturated rings. The van der Waals surface area contributed by atoms with E-state index in [2.05, 4.69) is 0 Å². The summed E-state index contributed by atoms with van der Waals surface area (Å²) >= 11 is 0. The van der Waals surface area contributed by atoms with E-state index in [9.17, 15) is 31.9 Å². The first-order valence-electron chi connectivity index (χ1n) is 6.53. The van der Waals surface area contributed by atoms with Gasteiger partial charge in [-0.15, -0.1) is 0 Å². The number of aliphatic hydroxyl groups is 1. The molecule has 23 heavy (non-hydrogen) atoms. The summed E-state index contributed by atoms with van der Waals surface area (Å²) in [6.07, 6.45) is -6.09. The van der Waals surface area contributed by atoms with Crippen molar-refractivity contribution >= 4 is 5.78 Å². The Morgan fingerprint density at radius 1 is 0.783 bits per heavy atom. The largest absolute Gasteiger partial charge is 0.457 e. The lowest BCUT2D eigenvalue weighted by molar-refractivity contribution is -0.332. The molecule has 7 heteroatoms. The molecule has 1 atom stereocenters. The summed E-state index contributed by atoms with van der Waals surface area (Å²) in [7, 11) is 0. The molecule has 0 amide bonds. The fourth-order valence-corrected chi connectivity index (χ4v) is 2.78. The number of Topliss-reactive ketones (excluding diaryl/α,β-unsaturated/α-hetero) is 1. The maximum atomic E-state index is 14.0. The summed E-state index contributed by atoms with van der Waals surface area (Å²) in [5, 5.41) is 10.3. The van der Waals surface area contributed by atoms with Crippen LogP contribution < -0.4 is 0 Å². The Hall–Kier alpha value is -2.28. The Balaban J connectivity index is 2.39. The van der Waals surface area contributed by atoms with Crippen molar-refractivity contribution in [3.8, 4) is 11.1 Å². The molecule has 1 aliphatic rings. The topological polar surface area (TPSA) is 37.3 Å². The molecule has 3 rings (SSSR count). The molecule has 0 heterocycles. The van der Waals surface area contributed by atoms with Crippen molar-refractivity contribution in [2.24, 2.45) is 0 Å². The van der Waals surface area contributed by atoms with E-state index in [0.29, 0.717) is 0 Å². The Bertz CT molecular complexity index is 797. The van der Waals surface area contributed by atoms with Crippen molar-refractivity contribution in [1.29, 1.82) is 0 Å². The fourth-order valence-electron chi connectivity index (χ4n) is 2.78. The molecule has 0 saturated heterocycles. The highest BCUT2D eigenvalue weighted by atomic mass is 19.4. The van der Waals surface area contributed by atoms with Crippen molar-refractivity contribution in [3.05, 3.63) is 59.7 Å². The predicted molar refractivity (Wildman–Crippen MR) is 71.1 cm³/mol. The third-order valence-corrected chi connectivity index (χ3v) is 3.92. The average molecular weight is 328 g/mol. The SMILES string of the molecule is O=C1c2ccccc2-c2ccccc2C1(O)C(F)(F)C(F)(F)F. The normalized spacial score (nSPS) is 20.9. The van der Waals surface area contributed by atoms with Gasteiger partial charge in [0.05, 0.1) is 0 Å². The number of rotatable bonds is 1. The molecular weight excluding hydrogens is 319 g/mol. The number of hydrogen-bond donors (Lipinski definition) is 1. The molecular formula is C16H9F5O2. The Kier molecular flexibility index (Phi) is 3.13. The van der Waals surface area contributed by atoms with Crippen molar-refractivity contribution < 1.29 is 31.9 Å². The Morgan fingerprint density at radius 3 is 1.83 bits per heavy atom. The summed E-state index contributed by atoms with van der Waals surface area (Å²) in [4.78, 5) is 12.4. The molecule has 0 saturated carbocycles. The molecule has 120 valence electrons. The van der Waals surface area contributed by atoms with Gasteiger partial charge in [-0.2, -0.15) is 22.0 Å². The minimum absolute atomic E-state index is 0.0332. The van der Waals surface area contributed by atoms with Crippen molar-refractivity contribution in [3.63, 3.8) is 0 Å². The van der Waals surface area contributed by atoms with Gasteiger partial charge in [-0.3, -0.25) is 4.79 Å². The van der Waals surface area contributed by atoms with Gasteiger partial charge in [-0.1, -0.05) is 48.5 Å². The van der Waals surface area contributed by atoms with E-state index in [1.807, 2.05) is 0 Å².